The molecule has 0 aliphatic heterocycles. The number of hydrogen-bond donors (Lipinski definition) is 2. The summed E-state index contributed by atoms with van der Waals surface area (Å²) < 4.78 is 0. The van der Waals surface area contributed by atoms with Crippen molar-refractivity contribution < 1.29 is 0 Å². The van der Waals surface area contributed by atoms with Gasteiger partial charge in [0.2, 0.25) is 0 Å². The summed E-state index contributed by atoms with van der Waals surface area (Å²) in [6.07, 6.45) is 2.65. The van der Waals surface area contributed by atoms with Crippen LogP contribution in [0.1, 0.15) is 31.7 Å². The van der Waals surface area contributed by atoms with Crippen molar-refractivity contribution in [2.24, 2.45) is 5.84 Å². The Morgan fingerprint density at radius 2 is 1.89 bits per heavy atom. The van der Waals surface area contributed by atoms with Gasteiger partial charge in [0.1, 0.15) is 18.0 Å². The Kier molecular flexibility index (Phi) is 5.98. The number of nitrogen functional groups attached to an aromatic ring is 1. The molecule has 0 fully saturated rings. The van der Waals surface area contributed by atoms with Gasteiger partial charge in [0.25, 0.3) is 0 Å². The van der Waals surface area contributed by atoms with Crippen LogP contribution >= 0.6 is 0 Å². The van der Waals surface area contributed by atoms with Gasteiger partial charge in [0.05, 0.1) is 0 Å². The Morgan fingerprint density at radius 1 is 1.21 bits per heavy atom. The first-order valence-electron chi connectivity index (χ1n) is 6.64. The van der Waals surface area contributed by atoms with Crippen molar-refractivity contribution in [3.8, 4) is 0 Å². The molecule has 1 heterocycles. The van der Waals surface area contributed by atoms with Crippen molar-refractivity contribution in [3.05, 3.63) is 11.9 Å². The van der Waals surface area contributed by atoms with E-state index in [1.807, 2.05) is 0 Å². The van der Waals surface area contributed by atoms with E-state index in [9.17, 15) is 0 Å². The van der Waals surface area contributed by atoms with Gasteiger partial charge in [0, 0.05) is 19.2 Å². The zero-order valence-corrected chi connectivity index (χ0v) is 12.6. The number of nitrogens with two attached hydrogens (primary N) is 1. The quantitative estimate of drug-likeness (QED) is 0.572. The number of nitrogens with one attached hydrogen (secondary N) is 1. The molecule has 0 spiro atoms. The van der Waals surface area contributed by atoms with E-state index in [0.29, 0.717) is 11.7 Å². The number of hydrogen-bond acceptors (Lipinski definition) is 6. The molecule has 0 aliphatic rings. The smallest absolute Gasteiger partial charge is 0.148 e. The third-order valence-electron chi connectivity index (χ3n) is 3.04. The third kappa shape index (κ3) is 4.33. The van der Waals surface area contributed by atoms with Gasteiger partial charge in [-0.05, 0) is 33.0 Å². The third-order valence-corrected chi connectivity index (χ3v) is 3.04. The highest BCUT2D eigenvalue weighted by molar-refractivity contribution is 5.59. The Morgan fingerprint density at radius 3 is 2.42 bits per heavy atom. The summed E-state index contributed by atoms with van der Waals surface area (Å²) in [6.45, 7) is 6.26. The van der Waals surface area contributed by atoms with Crippen LogP contribution < -0.4 is 16.2 Å². The van der Waals surface area contributed by atoms with Gasteiger partial charge in [-0.1, -0.05) is 13.8 Å². The van der Waals surface area contributed by atoms with Gasteiger partial charge in [0.15, 0.2) is 0 Å². The Labute approximate surface area is 116 Å². The standard InChI is InChI=1S/C13H26N6/c1-10(2)11-12(17-14)15-9-16-13(11)19(5)8-6-7-18(3)4/h9-10H,6-8,14H2,1-5H3,(H,15,16,17). The molecular formula is C13H26N6. The normalized spacial score (nSPS) is 11.2. The van der Waals surface area contributed by atoms with E-state index in [2.05, 4.69) is 60.2 Å². The molecule has 0 bridgehead atoms. The van der Waals surface area contributed by atoms with Gasteiger partial charge in [-0.25, -0.2) is 15.8 Å². The lowest BCUT2D eigenvalue weighted by molar-refractivity contribution is 0.401. The maximum atomic E-state index is 5.53. The van der Waals surface area contributed by atoms with Gasteiger partial charge in [-0.15, -0.1) is 0 Å². The second-order valence-corrected chi connectivity index (χ2v) is 5.34. The minimum absolute atomic E-state index is 0.318. The van der Waals surface area contributed by atoms with E-state index >= 15 is 0 Å². The Hall–Kier alpha value is -1.40. The molecule has 0 radical (unpaired) electrons. The molecule has 6 nitrogen and oxygen atoms in total. The van der Waals surface area contributed by atoms with Crippen LogP contribution in [0.2, 0.25) is 0 Å². The van der Waals surface area contributed by atoms with Crippen molar-refractivity contribution in [1.82, 2.24) is 14.9 Å². The van der Waals surface area contributed by atoms with Gasteiger partial charge < -0.3 is 15.2 Å². The monoisotopic (exact) mass is 266 g/mol. The first-order valence-corrected chi connectivity index (χ1v) is 6.64. The molecule has 1 rings (SSSR count). The largest absolute Gasteiger partial charge is 0.359 e. The highest BCUT2D eigenvalue weighted by Gasteiger charge is 2.17. The summed E-state index contributed by atoms with van der Waals surface area (Å²) in [5.74, 6) is 7.51. The first-order chi connectivity index (χ1) is 8.97. The predicted octanol–water partition coefficient (Wildman–Crippen LogP) is 1.27. The van der Waals surface area contributed by atoms with Gasteiger partial charge in [-0.3, -0.25) is 0 Å². The number of nitrogens with zero attached hydrogens (tertiary/aromatic N) is 4. The molecule has 6 heteroatoms. The molecule has 0 saturated carbocycles. The molecule has 0 saturated heterocycles. The minimum atomic E-state index is 0.318. The lowest BCUT2D eigenvalue weighted by Crippen LogP contribution is -2.26. The summed E-state index contributed by atoms with van der Waals surface area (Å²) in [7, 11) is 6.23. The van der Waals surface area contributed by atoms with E-state index in [-0.39, 0.29) is 0 Å². The van der Waals surface area contributed by atoms with Crippen LogP contribution in [-0.2, 0) is 0 Å². The summed E-state index contributed by atoms with van der Waals surface area (Å²) in [5.41, 5.74) is 3.73. The molecule has 1 aromatic heterocycles. The van der Waals surface area contributed by atoms with Gasteiger partial charge in [-0.2, -0.15) is 0 Å². The lowest BCUT2D eigenvalue weighted by Gasteiger charge is -2.24. The van der Waals surface area contributed by atoms with Crippen molar-refractivity contribution in [1.29, 1.82) is 0 Å². The molecule has 1 aromatic rings. The highest BCUT2D eigenvalue weighted by Crippen LogP contribution is 2.29. The zero-order chi connectivity index (χ0) is 14.4. The fraction of sp³-hybridized carbons (Fsp3) is 0.692. The molecule has 0 amide bonds. The molecule has 3 N–H and O–H groups in total. The number of aromatic nitrogens is 2. The van der Waals surface area contributed by atoms with Crippen molar-refractivity contribution in [3.63, 3.8) is 0 Å². The van der Waals surface area contributed by atoms with E-state index in [0.717, 1.165) is 30.9 Å². The summed E-state index contributed by atoms with van der Waals surface area (Å²) >= 11 is 0. The SMILES string of the molecule is CC(C)c1c(NN)ncnc1N(C)CCCN(C)C. The fourth-order valence-electron chi connectivity index (χ4n) is 2.07. The maximum absolute atomic E-state index is 5.53. The van der Waals surface area contributed by atoms with E-state index in [1.54, 1.807) is 6.33 Å². The Bertz CT molecular complexity index is 391. The summed E-state index contributed by atoms with van der Waals surface area (Å²) in [4.78, 5) is 13.0. The molecule has 0 atom stereocenters. The molecule has 108 valence electrons. The lowest BCUT2D eigenvalue weighted by atomic mass is 10.0. The molecular weight excluding hydrogens is 240 g/mol. The minimum Gasteiger partial charge on any atom is -0.359 e. The molecule has 19 heavy (non-hydrogen) atoms. The van der Waals surface area contributed by atoms with Crippen LogP contribution in [0.25, 0.3) is 0 Å². The second kappa shape index (κ2) is 7.25. The Balaban J connectivity index is 2.86. The fourth-order valence-corrected chi connectivity index (χ4v) is 2.07. The van der Waals surface area contributed by atoms with Crippen molar-refractivity contribution >= 4 is 11.6 Å². The predicted molar refractivity (Wildman–Crippen MR) is 80.4 cm³/mol. The van der Waals surface area contributed by atoms with Crippen molar-refractivity contribution in [2.75, 3.05) is 44.6 Å². The van der Waals surface area contributed by atoms with Crippen LogP contribution in [0.5, 0.6) is 0 Å². The maximum Gasteiger partial charge on any atom is 0.148 e. The molecule has 0 unspecified atom stereocenters. The average molecular weight is 266 g/mol. The second-order valence-electron chi connectivity index (χ2n) is 5.34. The number of hydrazine groups is 1. The number of rotatable bonds is 7. The highest BCUT2D eigenvalue weighted by atomic mass is 15.3. The zero-order valence-electron chi connectivity index (χ0n) is 12.6. The van der Waals surface area contributed by atoms with Crippen LogP contribution in [0, 0.1) is 0 Å². The average Bonchev–Trinajstić information content (AvgIpc) is 2.36. The summed E-state index contributed by atoms with van der Waals surface area (Å²) in [6, 6.07) is 0. The molecule has 0 aromatic carbocycles. The van der Waals surface area contributed by atoms with Crippen LogP contribution in [0.3, 0.4) is 0 Å². The van der Waals surface area contributed by atoms with Crippen LogP contribution in [-0.4, -0.2) is 49.1 Å². The van der Waals surface area contributed by atoms with E-state index < -0.39 is 0 Å². The first kappa shape index (κ1) is 15.7. The van der Waals surface area contributed by atoms with Crippen LogP contribution in [0.15, 0.2) is 6.33 Å². The van der Waals surface area contributed by atoms with Crippen LogP contribution in [0.4, 0.5) is 11.6 Å². The topological polar surface area (TPSA) is 70.3 Å². The van der Waals surface area contributed by atoms with E-state index in [1.165, 1.54) is 0 Å². The van der Waals surface area contributed by atoms with E-state index in [4.69, 9.17) is 5.84 Å². The van der Waals surface area contributed by atoms with Gasteiger partial charge >= 0.3 is 0 Å². The number of anilines is 2. The van der Waals surface area contributed by atoms with Crippen molar-refractivity contribution in [2.45, 2.75) is 26.2 Å². The molecule has 0 aliphatic carbocycles. The summed E-state index contributed by atoms with van der Waals surface area (Å²) in [5, 5.41) is 0.